The Hall–Kier alpha value is -2.50. The predicted molar refractivity (Wildman–Crippen MR) is 69.3 cm³/mol. The lowest BCUT2D eigenvalue weighted by molar-refractivity contribution is -0.384. The lowest BCUT2D eigenvalue weighted by Crippen LogP contribution is -2.04. The number of nitro groups is 1. The fraction of sp³-hybridized carbons (Fsp3) is 0.231. The molecule has 6 heteroatoms. The average Bonchev–Trinajstić information content (AvgIpc) is 2.64. The molecule has 0 aliphatic rings. The number of aldehydes is 1. The molecule has 0 aliphatic carbocycles. The molecule has 2 rings (SSSR count). The van der Waals surface area contributed by atoms with E-state index >= 15 is 0 Å². The number of rotatable bonds is 4. The van der Waals surface area contributed by atoms with E-state index in [0.29, 0.717) is 17.8 Å². The van der Waals surface area contributed by atoms with Crippen molar-refractivity contribution in [3.8, 4) is 0 Å². The Kier molecular flexibility index (Phi) is 3.41. The number of benzene rings is 1. The van der Waals surface area contributed by atoms with Crippen LogP contribution in [0.25, 0.3) is 0 Å². The number of hydrogen-bond acceptors (Lipinski definition) is 4. The third kappa shape index (κ3) is 2.52. The molecule has 6 nitrogen and oxygen atoms in total. The minimum absolute atomic E-state index is 0.0608. The smallest absolute Gasteiger partial charge is 0.269 e. The van der Waals surface area contributed by atoms with E-state index < -0.39 is 4.92 Å². The summed E-state index contributed by atoms with van der Waals surface area (Å²) >= 11 is 0. The molecule has 0 saturated heterocycles. The Morgan fingerprint density at radius 3 is 2.42 bits per heavy atom. The summed E-state index contributed by atoms with van der Waals surface area (Å²) < 4.78 is 1.72. The number of nitro benzene ring substituents is 1. The van der Waals surface area contributed by atoms with Crippen molar-refractivity contribution in [3.63, 3.8) is 0 Å². The van der Waals surface area contributed by atoms with Gasteiger partial charge in [0.15, 0.2) is 6.29 Å². The maximum atomic E-state index is 10.9. The Balaban J connectivity index is 2.26. The fourth-order valence-corrected chi connectivity index (χ4v) is 1.93. The zero-order valence-electron chi connectivity index (χ0n) is 10.7. The van der Waals surface area contributed by atoms with Crippen molar-refractivity contribution in [2.24, 2.45) is 0 Å². The van der Waals surface area contributed by atoms with Gasteiger partial charge in [-0.1, -0.05) is 12.1 Å². The lowest BCUT2D eigenvalue weighted by atomic mass is 10.2. The van der Waals surface area contributed by atoms with Crippen LogP contribution in [-0.4, -0.2) is 21.0 Å². The van der Waals surface area contributed by atoms with Crippen molar-refractivity contribution in [2.75, 3.05) is 0 Å². The number of aryl methyl sites for hydroxylation is 1. The van der Waals surface area contributed by atoms with E-state index in [9.17, 15) is 14.9 Å². The predicted octanol–water partition coefficient (Wildman–Crippen LogP) is 2.27. The molecule has 0 atom stereocenters. The molecule has 0 saturated carbocycles. The van der Waals surface area contributed by atoms with Gasteiger partial charge in [0.05, 0.1) is 22.7 Å². The summed E-state index contributed by atoms with van der Waals surface area (Å²) in [7, 11) is 0. The van der Waals surface area contributed by atoms with Crippen molar-refractivity contribution in [1.29, 1.82) is 0 Å². The quantitative estimate of drug-likeness (QED) is 0.479. The number of carbonyl (C=O) groups excluding carboxylic acids is 1. The molecule has 98 valence electrons. The van der Waals surface area contributed by atoms with Crippen molar-refractivity contribution < 1.29 is 9.72 Å². The first-order valence-electron chi connectivity index (χ1n) is 5.75. The first-order chi connectivity index (χ1) is 9.02. The highest BCUT2D eigenvalue weighted by Crippen LogP contribution is 2.15. The normalized spacial score (nSPS) is 10.4. The molecule has 0 aliphatic heterocycles. The van der Waals surface area contributed by atoms with Crippen molar-refractivity contribution in [2.45, 2.75) is 20.4 Å². The Morgan fingerprint density at radius 2 is 1.95 bits per heavy atom. The van der Waals surface area contributed by atoms with Crippen molar-refractivity contribution >= 4 is 12.0 Å². The molecular weight excluding hydrogens is 246 g/mol. The molecule has 0 amide bonds. The molecule has 0 N–H and O–H groups in total. The molecule has 0 radical (unpaired) electrons. The van der Waals surface area contributed by atoms with E-state index in [2.05, 4.69) is 5.10 Å². The van der Waals surface area contributed by atoms with Gasteiger partial charge in [0.1, 0.15) is 0 Å². The maximum Gasteiger partial charge on any atom is 0.269 e. The van der Waals surface area contributed by atoms with Gasteiger partial charge in [0, 0.05) is 17.8 Å². The molecule has 0 fully saturated rings. The molecule has 1 heterocycles. The van der Waals surface area contributed by atoms with Gasteiger partial charge in [0.25, 0.3) is 5.69 Å². The van der Waals surface area contributed by atoms with Crippen LogP contribution in [0.4, 0.5) is 5.69 Å². The van der Waals surface area contributed by atoms with Crippen LogP contribution >= 0.6 is 0 Å². The average molecular weight is 259 g/mol. The van der Waals surface area contributed by atoms with Crippen molar-refractivity contribution in [1.82, 2.24) is 9.78 Å². The highest BCUT2D eigenvalue weighted by molar-refractivity contribution is 5.78. The Morgan fingerprint density at radius 1 is 1.32 bits per heavy atom. The Labute approximate surface area is 109 Å². The number of carbonyl (C=O) groups is 1. The van der Waals surface area contributed by atoms with Gasteiger partial charge < -0.3 is 0 Å². The first-order valence-corrected chi connectivity index (χ1v) is 5.75. The summed E-state index contributed by atoms with van der Waals surface area (Å²) in [5, 5.41) is 14.8. The summed E-state index contributed by atoms with van der Waals surface area (Å²) in [6, 6.07) is 6.30. The minimum Gasteiger partial charge on any atom is -0.298 e. The standard InChI is InChI=1S/C13H13N3O3/c1-9-13(8-17)10(2)15(14-9)7-11-3-5-12(6-4-11)16(18)19/h3-6,8H,7H2,1-2H3. The van der Waals surface area contributed by atoms with Crippen LogP contribution in [0, 0.1) is 24.0 Å². The molecule has 0 spiro atoms. The summed E-state index contributed by atoms with van der Waals surface area (Å²) in [6.45, 7) is 4.09. The minimum atomic E-state index is -0.433. The SMILES string of the molecule is Cc1nn(Cc2ccc([N+](=O)[O-])cc2)c(C)c1C=O. The summed E-state index contributed by atoms with van der Waals surface area (Å²) in [5.41, 5.74) is 3.04. The summed E-state index contributed by atoms with van der Waals surface area (Å²) in [5.74, 6) is 0. The molecule has 1 aromatic heterocycles. The summed E-state index contributed by atoms with van der Waals surface area (Å²) in [4.78, 5) is 21.0. The highest BCUT2D eigenvalue weighted by Gasteiger charge is 2.11. The van der Waals surface area contributed by atoms with E-state index in [-0.39, 0.29) is 5.69 Å². The van der Waals surface area contributed by atoms with E-state index in [0.717, 1.165) is 17.5 Å². The number of aromatic nitrogens is 2. The zero-order chi connectivity index (χ0) is 14.0. The van der Waals surface area contributed by atoms with Crippen LogP contribution in [0.1, 0.15) is 27.3 Å². The van der Waals surface area contributed by atoms with E-state index in [1.807, 2.05) is 6.92 Å². The van der Waals surface area contributed by atoms with Crippen LogP contribution in [0.2, 0.25) is 0 Å². The summed E-state index contributed by atoms with van der Waals surface area (Å²) in [6.07, 6.45) is 0.796. The van der Waals surface area contributed by atoms with Gasteiger partial charge in [-0.25, -0.2) is 0 Å². The van der Waals surface area contributed by atoms with Crippen LogP contribution in [0.15, 0.2) is 24.3 Å². The molecular formula is C13H13N3O3. The number of hydrogen-bond donors (Lipinski definition) is 0. The van der Waals surface area contributed by atoms with Crippen LogP contribution in [0.5, 0.6) is 0 Å². The second kappa shape index (κ2) is 5.01. The second-order valence-corrected chi connectivity index (χ2v) is 4.28. The van der Waals surface area contributed by atoms with Gasteiger partial charge in [0.2, 0.25) is 0 Å². The number of nitrogens with zero attached hydrogens (tertiary/aromatic N) is 3. The van der Waals surface area contributed by atoms with Crippen LogP contribution in [0.3, 0.4) is 0 Å². The number of non-ortho nitro benzene ring substituents is 1. The maximum absolute atomic E-state index is 10.9. The Bertz CT molecular complexity index is 629. The molecule has 2 aromatic rings. The third-order valence-corrected chi connectivity index (χ3v) is 3.03. The third-order valence-electron chi connectivity index (χ3n) is 3.03. The highest BCUT2D eigenvalue weighted by atomic mass is 16.6. The van der Waals surface area contributed by atoms with Crippen LogP contribution < -0.4 is 0 Å². The van der Waals surface area contributed by atoms with E-state index in [1.165, 1.54) is 12.1 Å². The lowest BCUT2D eigenvalue weighted by Gasteiger charge is -2.04. The van der Waals surface area contributed by atoms with Gasteiger partial charge in [-0.2, -0.15) is 5.10 Å². The zero-order valence-corrected chi connectivity index (χ0v) is 10.7. The van der Waals surface area contributed by atoms with Gasteiger partial charge in [-0.05, 0) is 19.4 Å². The topological polar surface area (TPSA) is 78.0 Å². The van der Waals surface area contributed by atoms with Gasteiger partial charge in [-0.15, -0.1) is 0 Å². The fourth-order valence-electron chi connectivity index (χ4n) is 1.93. The monoisotopic (exact) mass is 259 g/mol. The van der Waals surface area contributed by atoms with Crippen LogP contribution in [-0.2, 0) is 6.54 Å². The van der Waals surface area contributed by atoms with E-state index in [1.54, 1.807) is 23.7 Å². The first kappa shape index (κ1) is 12.9. The second-order valence-electron chi connectivity index (χ2n) is 4.28. The van der Waals surface area contributed by atoms with Gasteiger partial charge in [-0.3, -0.25) is 19.6 Å². The molecule has 0 bridgehead atoms. The largest absolute Gasteiger partial charge is 0.298 e. The molecule has 19 heavy (non-hydrogen) atoms. The van der Waals surface area contributed by atoms with Crippen molar-refractivity contribution in [3.05, 3.63) is 56.9 Å². The van der Waals surface area contributed by atoms with Gasteiger partial charge >= 0.3 is 0 Å². The van der Waals surface area contributed by atoms with E-state index in [4.69, 9.17) is 0 Å². The molecule has 0 unspecified atom stereocenters. The molecule has 1 aromatic carbocycles.